The first-order valence-corrected chi connectivity index (χ1v) is 8.95. The highest BCUT2D eigenvalue weighted by atomic mass is 14.2. The topological polar surface area (TPSA) is 0 Å². The van der Waals surface area contributed by atoms with Crippen LogP contribution in [0.5, 0.6) is 0 Å². The summed E-state index contributed by atoms with van der Waals surface area (Å²) in [6.45, 7) is 13.5. The van der Waals surface area contributed by atoms with E-state index in [1.54, 1.807) is 0 Å². The van der Waals surface area contributed by atoms with Crippen LogP contribution in [-0.2, 0) is 0 Å². The Morgan fingerprint density at radius 2 is 1.60 bits per heavy atom. The van der Waals surface area contributed by atoms with Gasteiger partial charge in [0.05, 0.1) is 0 Å². The minimum atomic E-state index is 0.690. The summed E-state index contributed by atoms with van der Waals surface area (Å²) < 4.78 is 0. The van der Waals surface area contributed by atoms with Gasteiger partial charge in [-0.3, -0.25) is 0 Å². The smallest absolute Gasteiger partial charge is 0.0173 e. The van der Waals surface area contributed by atoms with Gasteiger partial charge in [0, 0.05) is 0 Å². The molecule has 0 aromatic rings. The summed E-state index contributed by atoms with van der Waals surface area (Å²) in [6.07, 6.45) is 18.0. The van der Waals surface area contributed by atoms with Gasteiger partial charge in [0.2, 0.25) is 0 Å². The summed E-state index contributed by atoms with van der Waals surface area (Å²) >= 11 is 0. The molecule has 0 N–H and O–H groups in total. The van der Waals surface area contributed by atoms with Gasteiger partial charge in [0.15, 0.2) is 0 Å². The summed E-state index contributed by atoms with van der Waals surface area (Å²) in [6, 6.07) is 0. The van der Waals surface area contributed by atoms with E-state index in [0.717, 1.165) is 5.92 Å². The third kappa shape index (κ3) is 11.3. The zero-order valence-corrected chi connectivity index (χ0v) is 14.6. The Morgan fingerprint density at radius 3 is 2.20 bits per heavy atom. The molecule has 20 heavy (non-hydrogen) atoms. The summed E-state index contributed by atoms with van der Waals surface area (Å²) in [7, 11) is 0. The molecule has 0 aromatic carbocycles. The van der Waals surface area contributed by atoms with Crippen molar-refractivity contribution in [3.63, 3.8) is 0 Å². The summed E-state index contributed by atoms with van der Waals surface area (Å²) in [5, 5.41) is 0. The molecule has 0 amide bonds. The number of unbranched alkanes of at least 4 members (excludes halogenated alkanes) is 6. The Bertz CT molecular complexity index is 247. The number of allylic oxidation sites excluding steroid dienone is 3. The van der Waals surface area contributed by atoms with Crippen LogP contribution in [-0.4, -0.2) is 0 Å². The second-order valence-corrected chi connectivity index (χ2v) is 6.60. The second-order valence-electron chi connectivity index (χ2n) is 6.60. The van der Waals surface area contributed by atoms with Crippen molar-refractivity contribution in [2.45, 2.75) is 91.9 Å². The predicted molar refractivity (Wildman–Crippen MR) is 94.1 cm³/mol. The molecule has 0 heterocycles. The average Bonchev–Trinajstić information content (AvgIpc) is 2.41. The summed E-state index contributed by atoms with van der Waals surface area (Å²) in [5.41, 5.74) is 1.45. The zero-order valence-electron chi connectivity index (χ0n) is 14.6. The van der Waals surface area contributed by atoms with Gasteiger partial charge in [-0.1, -0.05) is 84.1 Å². The molecule has 0 saturated carbocycles. The van der Waals surface area contributed by atoms with Gasteiger partial charge in [-0.15, -0.1) is 0 Å². The van der Waals surface area contributed by atoms with E-state index in [4.69, 9.17) is 0 Å². The van der Waals surface area contributed by atoms with E-state index in [-0.39, 0.29) is 0 Å². The van der Waals surface area contributed by atoms with Gasteiger partial charge in [0.1, 0.15) is 0 Å². The maximum Gasteiger partial charge on any atom is -0.0173 e. The Labute approximate surface area is 128 Å². The molecule has 0 rings (SSSR count). The van der Waals surface area contributed by atoms with Gasteiger partial charge in [0.25, 0.3) is 0 Å². The fourth-order valence-corrected chi connectivity index (χ4v) is 2.55. The minimum absolute atomic E-state index is 0.690. The van der Waals surface area contributed by atoms with Crippen LogP contribution in [0.1, 0.15) is 91.9 Å². The van der Waals surface area contributed by atoms with Crippen LogP contribution >= 0.6 is 0 Å². The van der Waals surface area contributed by atoms with Crippen molar-refractivity contribution < 1.29 is 0 Å². The fourth-order valence-electron chi connectivity index (χ4n) is 2.55. The van der Waals surface area contributed by atoms with Crippen LogP contribution in [0.3, 0.4) is 0 Å². The molecule has 118 valence electrons. The van der Waals surface area contributed by atoms with Gasteiger partial charge in [-0.25, -0.2) is 0 Å². The van der Waals surface area contributed by atoms with E-state index in [2.05, 4.69) is 46.4 Å². The lowest BCUT2D eigenvalue weighted by Crippen LogP contribution is -2.06. The first-order valence-electron chi connectivity index (χ1n) is 8.95. The van der Waals surface area contributed by atoms with E-state index in [0.29, 0.717) is 5.92 Å². The van der Waals surface area contributed by atoms with Crippen molar-refractivity contribution in [1.29, 1.82) is 0 Å². The van der Waals surface area contributed by atoms with Gasteiger partial charge in [-0.05, 0) is 43.9 Å². The highest BCUT2D eigenvalue weighted by Gasteiger charge is 2.11. The Balaban J connectivity index is 3.96. The molecule has 1 atom stereocenters. The van der Waals surface area contributed by atoms with Crippen molar-refractivity contribution in [2.75, 3.05) is 0 Å². The molecule has 0 aliphatic heterocycles. The largest absolute Gasteiger partial charge is 0.0998 e. The minimum Gasteiger partial charge on any atom is -0.0998 e. The number of rotatable bonds is 13. The maximum atomic E-state index is 4.28. The van der Waals surface area contributed by atoms with Crippen LogP contribution < -0.4 is 0 Å². The third-order valence-corrected chi connectivity index (χ3v) is 4.12. The fraction of sp³-hybridized carbons (Fsp3) is 0.800. The molecule has 0 spiro atoms. The van der Waals surface area contributed by atoms with E-state index >= 15 is 0 Å². The predicted octanol–water partition coefficient (Wildman–Crippen LogP) is 7.31. The van der Waals surface area contributed by atoms with Crippen LogP contribution in [0.15, 0.2) is 24.3 Å². The second kappa shape index (κ2) is 13.5. The van der Waals surface area contributed by atoms with E-state index in [1.807, 2.05) is 0 Å². The molecule has 0 heteroatoms. The lowest BCUT2D eigenvalue weighted by Gasteiger charge is -2.18. The Kier molecular flexibility index (Phi) is 13.1. The van der Waals surface area contributed by atoms with Gasteiger partial charge < -0.3 is 0 Å². The molecule has 0 aliphatic rings. The first kappa shape index (κ1) is 19.5. The quantitative estimate of drug-likeness (QED) is 0.245. The molecule has 0 fully saturated rings. The molecule has 0 radical (unpaired) electrons. The molecular weight excluding hydrogens is 240 g/mol. The molecule has 0 nitrogen and oxygen atoms in total. The van der Waals surface area contributed by atoms with E-state index in [9.17, 15) is 0 Å². The highest BCUT2D eigenvalue weighted by molar-refractivity contribution is 5.02. The third-order valence-electron chi connectivity index (χ3n) is 4.12. The van der Waals surface area contributed by atoms with E-state index < -0.39 is 0 Å². The molecule has 0 saturated heterocycles. The standard InChI is InChI=1S/C20H38/c1-6-8-10-11-12-14-16-20(18(3)4)17-19(5)15-13-9-7-2/h14,16,18,20H,5-13,15,17H2,1-4H3/b16-14+. The van der Waals surface area contributed by atoms with Gasteiger partial charge in [-0.2, -0.15) is 0 Å². The SMILES string of the molecule is C=C(CCCCC)CC(/C=C/CCCCCC)C(C)C. The Morgan fingerprint density at radius 1 is 0.950 bits per heavy atom. The lowest BCUT2D eigenvalue weighted by atomic mass is 9.87. The first-order chi connectivity index (χ1) is 9.61. The number of hydrogen-bond donors (Lipinski definition) is 0. The van der Waals surface area contributed by atoms with Gasteiger partial charge >= 0.3 is 0 Å². The van der Waals surface area contributed by atoms with Crippen LogP contribution in [0.4, 0.5) is 0 Å². The summed E-state index contributed by atoms with van der Waals surface area (Å²) in [5.74, 6) is 1.42. The highest BCUT2D eigenvalue weighted by Crippen LogP contribution is 2.24. The summed E-state index contributed by atoms with van der Waals surface area (Å²) in [4.78, 5) is 0. The van der Waals surface area contributed by atoms with Crippen LogP contribution in [0.2, 0.25) is 0 Å². The van der Waals surface area contributed by atoms with Crippen molar-refractivity contribution in [1.82, 2.24) is 0 Å². The zero-order chi connectivity index (χ0) is 15.2. The van der Waals surface area contributed by atoms with Crippen molar-refractivity contribution in [2.24, 2.45) is 11.8 Å². The lowest BCUT2D eigenvalue weighted by molar-refractivity contribution is 0.454. The van der Waals surface area contributed by atoms with Crippen molar-refractivity contribution in [3.8, 4) is 0 Å². The molecule has 1 unspecified atom stereocenters. The average molecular weight is 279 g/mol. The monoisotopic (exact) mass is 278 g/mol. The van der Waals surface area contributed by atoms with Crippen molar-refractivity contribution in [3.05, 3.63) is 24.3 Å². The number of hydrogen-bond acceptors (Lipinski definition) is 0. The molecule has 0 aliphatic carbocycles. The molecular formula is C20H38. The van der Waals surface area contributed by atoms with E-state index in [1.165, 1.54) is 69.8 Å². The Hall–Kier alpha value is -0.520. The van der Waals surface area contributed by atoms with Crippen LogP contribution in [0, 0.1) is 11.8 Å². The maximum absolute atomic E-state index is 4.28. The molecule has 0 bridgehead atoms. The molecule has 0 aromatic heterocycles. The van der Waals surface area contributed by atoms with Crippen molar-refractivity contribution >= 4 is 0 Å². The van der Waals surface area contributed by atoms with Crippen LogP contribution in [0.25, 0.3) is 0 Å². The normalized spacial score (nSPS) is 13.2.